The van der Waals surface area contributed by atoms with E-state index in [9.17, 15) is 4.79 Å². The molecule has 1 saturated heterocycles. The van der Waals surface area contributed by atoms with Gasteiger partial charge in [-0.3, -0.25) is 4.79 Å². The van der Waals surface area contributed by atoms with Gasteiger partial charge in [0, 0.05) is 26.2 Å². The summed E-state index contributed by atoms with van der Waals surface area (Å²) in [5.41, 5.74) is -0.702. The van der Waals surface area contributed by atoms with Crippen molar-refractivity contribution in [2.45, 2.75) is 51.7 Å². The van der Waals surface area contributed by atoms with Gasteiger partial charge in [0.05, 0.1) is 0 Å². The van der Waals surface area contributed by atoms with E-state index in [4.69, 9.17) is 4.74 Å². The number of nitrogens with one attached hydrogen (secondary N) is 1. The van der Waals surface area contributed by atoms with Gasteiger partial charge in [-0.25, -0.2) is 0 Å². The Hall–Kier alpha value is -0.610. The molecule has 1 heterocycles. The summed E-state index contributed by atoms with van der Waals surface area (Å²) in [5, 5.41) is 3.49. The summed E-state index contributed by atoms with van der Waals surface area (Å²) >= 11 is 0. The SMILES string of the molecule is CCCNC1CCCN(C(=O)C(C)(C)OC)C1. The Morgan fingerprint density at radius 3 is 2.82 bits per heavy atom. The summed E-state index contributed by atoms with van der Waals surface area (Å²) in [6.07, 6.45) is 3.37. The second kappa shape index (κ2) is 6.36. The lowest BCUT2D eigenvalue weighted by molar-refractivity contribution is -0.152. The Labute approximate surface area is 105 Å². The van der Waals surface area contributed by atoms with Crippen molar-refractivity contribution in [1.82, 2.24) is 10.2 Å². The van der Waals surface area contributed by atoms with Crippen LogP contribution in [0, 0.1) is 0 Å². The molecule has 0 bridgehead atoms. The van der Waals surface area contributed by atoms with Crippen molar-refractivity contribution < 1.29 is 9.53 Å². The number of carbonyl (C=O) groups is 1. The number of amides is 1. The van der Waals surface area contributed by atoms with Crippen LogP contribution >= 0.6 is 0 Å². The third-order valence-corrected chi connectivity index (χ3v) is 3.42. The third-order valence-electron chi connectivity index (χ3n) is 3.42. The monoisotopic (exact) mass is 242 g/mol. The van der Waals surface area contributed by atoms with Gasteiger partial charge in [-0.15, -0.1) is 0 Å². The topological polar surface area (TPSA) is 41.6 Å². The highest BCUT2D eigenvalue weighted by atomic mass is 16.5. The summed E-state index contributed by atoms with van der Waals surface area (Å²) < 4.78 is 5.26. The van der Waals surface area contributed by atoms with Crippen molar-refractivity contribution in [3.05, 3.63) is 0 Å². The molecule has 1 N–H and O–H groups in total. The molecule has 1 amide bonds. The molecule has 0 aromatic rings. The zero-order chi connectivity index (χ0) is 12.9. The summed E-state index contributed by atoms with van der Waals surface area (Å²) in [6, 6.07) is 0.445. The lowest BCUT2D eigenvalue weighted by Crippen LogP contribution is -2.54. The number of carbonyl (C=O) groups excluding carboxylic acids is 1. The van der Waals surface area contributed by atoms with Crippen LogP contribution in [0.1, 0.15) is 40.0 Å². The van der Waals surface area contributed by atoms with Gasteiger partial charge in [0.15, 0.2) is 0 Å². The van der Waals surface area contributed by atoms with E-state index in [-0.39, 0.29) is 5.91 Å². The fourth-order valence-electron chi connectivity index (χ4n) is 2.14. The van der Waals surface area contributed by atoms with Crippen molar-refractivity contribution in [2.24, 2.45) is 0 Å². The first kappa shape index (κ1) is 14.5. The first-order valence-corrected chi connectivity index (χ1v) is 6.59. The fraction of sp³-hybridized carbons (Fsp3) is 0.923. The second-order valence-corrected chi connectivity index (χ2v) is 5.26. The number of nitrogens with zero attached hydrogens (tertiary/aromatic N) is 1. The molecule has 0 aromatic carbocycles. The minimum atomic E-state index is -0.702. The largest absolute Gasteiger partial charge is 0.369 e. The highest BCUT2D eigenvalue weighted by molar-refractivity contribution is 5.84. The first-order chi connectivity index (χ1) is 8.01. The molecule has 0 aromatic heterocycles. The Kier molecular flexibility index (Phi) is 5.40. The van der Waals surface area contributed by atoms with Crippen LogP contribution in [-0.4, -0.2) is 49.2 Å². The van der Waals surface area contributed by atoms with Crippen LogP contribution in [0.25, 0.3) is 0 Å². The van der Waals surface area contributed by atoms with Crippen LogP contribution in [0.15, 0.2) is 0 Å². The summed E-state index contributed by atoms with van der Waals surface area (Å²) in [7, 11) is 1.59. The first-order valence-electron chi connectivity index (χ1n) is 6.59. The zero-order valence-corrected chi connectivity index (χ0v) is 11.6. The van der Waals surface area contributed by atoms with Crippen molar-refractivity contribution >= 4 is 5.91 Å². The third kappa shape index (κ3) is 3.96. The molecule has 1 unspecified atom stereocenters. The van der Waals surface area contributed by atoms with Crippen LogP contribution in [0.4, 0.5) is 0 Å². The van der Waals surface area contributed by atoms with Gasteiger partial charge in [-0.2, -0.15) is 0 Å². The van der Waals surface area contributed by atoms with Gasteiger partial charge in [0.25, 0.3) is 5.91 Å². The molecule has 1 aliphatic heterocycles. The zero-order valence-electron chi connectivity index (χ0n) is 11.6. The second-order valence-electron chi connectivity index (χ2n) is 5.26. The molecule has 1 aliphatic rings. The normalized spacial score (nSPS) is 21.6. The number of methoxy groups -OCH3 is 1. The van der Waals surface area contributed by atoms with Gasteiger partial charge in [-0.05, 0) is 39.7 Å². The lowest BCUT2D eigenvalue weighted by Gasteiger charge is -2.37. The Morgan fingerprint density at radius 1 is 1.53 bits per heavy atom. The molecule has 0 saturated carbocycles. The highest BCUT2D eigenvalue weighted by Crippen LogP contribution is 2.17. The van der Waals surface area contributed by atoms with Crippen molar-refractivity contribution in [2.75, 3.05) is 26.7 Å². The molecule has 0 radical (unpaired) electrons. The predicted molar refractivity (Wildman–Crippen MR) is 69.0 cm³/mol. The summed E-state index contributed by atoms with van der Waals surface area (Å²) in [6.45, 7) is 8.52. The summed E-state index contributed by atoms with van der Waals surface area (Å²) in [5.74, 6) is 0.1000. The van der Waals surface area contributed by atoms with Crippen LogP contribution in [0.2, 0.25) is 0 Å². The minimum Gasteiger partial charge on any atom is -0.369 e. The van der Waals surface area contributed by atoms with E-state index >= 15 is 0 Å². The average Bonchev–Trinajstić information content (AvgIpc) is 2.35. The maximum absolute atomic E-state index is 12.2. The van der Waals surface area contributed by atoms with Gasteiger partial charge in [0.1, 0.15) is 5.60 Å². The molecule has 1 atom stereocenters. The molecular formula is C13H26N2O2. The van der Waals surface area contributed by atoms with Crippen LogP contribution < -0.4 is 5.32 Å². The van der Waals surface area contributed by atoms with Crippen LogP contribution in [0.3, 0.4) is 0 Å². The lowest BCUT2D eigenvalue weighted by atomic mass is 10.0. The van der Waals surface area contributed by atoms with E-state index in [1.54, 1.807) is 7.11 Å². The molecule has 17 heavy (non-hydrogen) atoms. The number of ether oxygens (including phenoxy) is 1. The molecule has 4 heteroatoms. The molecule has 100 valence electrons. The maximum atomic E-state index is 12.2. The van der Waals surface area contributed by atoms with Gasteiger partial charge >= 0.3 is 0 Å². The number of hydrogen-bond acceptors (Lipinski definition) is 3. The molecular weight excluding hydrogens is 216 g/mol. The van der Waals surface area contributed by atoms with Crippen molar-refractivity contribution in [3.63, 3.8) is 0 Å². The van der Waals surface area contributed by atoms with E-state index in [2.05, 4.69) is 12.2 Å². The highest BCUT2D eigenvalue weighted by Gasteiger charge is 2.34. The number of piperidine rings is 1. The quantitative estimate of drug-likeness (QED) is 0.792. The molecule has 0 spiro atoms. The Morgan fingerprint density at radius 2 is 2.24 bits per heavy atom. The number of rotatable bonds is 5. The van der Waals surface area contributed by atoms with Crippen LogP contribution in [-0.2, 0) is 9.53 Å². The number of hydrogen-bond donors (Lipinski definition) is 1. The summed E-state index contributed by atoms with van der Waals surface area (Å²) in [4.78, 5) is 14.2. The van der Waals surface area contributed by atoms with E-state index in [1.807, 2.05) is 18.7 Å². The standard InChI is InChI=1S/C13H26N2O2/c1-5-8-14-11-7-6-9-15(10-11)12(16)13(2,3)17-4/h11,14H,5-10H2,1-4H3. The van der Waals surface area contributed by atoms with E-state index in [1.165, 1.54) is 0 Å². The van der Waals surface area contributed by atoms with Gasteiger partial charge < -0.3 is 15.0 Å². The molecule has 4 nitrogen and oxygen atoms in total. The van der Waals surface area contributed by atoms with Gasteiger partial charge in [-0.1, -0.05) is 6.92 Å². The molecule has 1 rings (SSSR count). The van der Waals surface area contributed by atoms with Crippen LogP contribution in [0.5, 0.6) is 0 Å². The van der Waals surface area contributed by atoms with E-state index < -0.39 is 5.60 Å². The van der Waals surface area contributed by atoms with E-state index in [0.717, 1.165) is 38.9 Å². The average molecular weight is 242 g/mol. The fourth-order valence-corrected chi connectivity index (χ4v) is 2.14. The predicted octanol–water partition coefficient (Wildman–Crippen LogP) is 1.40. The maximum Gasteiger partial charge on any atom is 0.254 e. The molecule has 1 fully saturated rings. The molecule has 0 aliphatic carbocycles. The van der Waals surface area contributed by atoms with Gasteiger partial charge in [0.2, 0.25) is 0 Å². The Balaban J connectivity index is 2.51. The van der Waals surface area contributed by atoms with E-state index in [0.29, 0.717) is 6.04 Å². The van der Waals surface area contributed by atoms with Crippen molar-refractivity contribution in [3.8, 4) is 0 Å². The smallest absolute Gasteiger partial charge is 0.254 e. The van der Waals surface area contributed by atoms with Crippen molar-refractivity contribution in [1.29, 1.82) is 0 Å². The number of likely N-dealkylation sites (tertiary alicyclic amines) is 1. The Bertz CT molecular complexity index is 254. The minimum absolute atomic E-state index is 0.1000.